The molecule has 1 aliphatic heterocycles. The van der Waals surface area contributed by atoms with E-state index >= 15 is 0 Å². The molecular formula is C16H21N3O2S. The minimum Gasteiger partial charge on any atom is -0.361 e. The summed E-state index contributed by atoms with van der Waals surface area (Å²) >= 11 is 1.73. The van der Waals surface area contributed by atoms with Gasteiger partial charge in [0.05, 0.1) is 5.01 Å². The normalized spacial score (nSPS) is 18.6. The van der Waals surface area contributed by atoms with Crippen molar-refractivity contribution in [3.63, 3.8) is 0 Å². The maximum Gasteiger partial charge on any atom is 0.276 e. The van der Waals surface area contributed by atoms with Crippen LogP contribution in [0.25, 0.3) is 0 Å². The number of rotatable bonds is 4. The zero-order valence-electron chi connectivity index (χ0n) is 13.0. The number of likely N-dealkylation sites (tertiary alicyclic amines) is 1. The van der Waals surface area contributed by atoms with Crippen LogP contribution in [0.4, 0.5) is 0 Å². The first-order chi connectivity index (χ1) is 10.7. The summed E-state index contributed by atoms with van der Waals surface area (Å²) in [7, 11) is 0. The van der Waals surface area contributed by atoms with Crippen LogP contribution in [0.3, 0.4) is 0 Å². The van der Waals surface area contributed by atoms with Gasteiger partial charge in [0.1, 0.15) is 5.76 Å². The van der Waals surface area contributed by atoms with E-state index in [1.807, 2.05) is 11.1 Å². The third-order valence-electron chi connectivity index (χ3n) is 3.97. The van der Waals surface area contributed by atoms with Gasteiger partial charge in [0.15, 0.2) is 5.69 Å². The van der Waals surface area contributed by atoms with Gasteiger partial charge in [-0.05, 0) is 26.2 Å². The van der Waals surface area contributed by atoms with E-state index in [1.165, 1.54) is 4.88 Å². The number of carbonyl (C=O) groups is 1. The Bertz CT molecular complexity index is 649. The van der Waals surface area contributed by atoms with E-state index in [9.17, 15) is 4.79 Å². The second-order valence-electron chi connectivity index (χ2n) is 5.83. The molecule has 5 nitrogen and oxygen atoms in total. The molecule has 0 aliphatic carbocycles. The molecule has 2 aromatic heterocycles. The molecule has 0 saturated carbocycles. The maximum absolute atomic E-state index is 12.6. The molecule has 2 aromatic rings. The summed E-state index contributed by atoms with van der Waals surface area (Å²) < 4.78 is 5.22. The van der Waals surface area contributed by atoms with Crippen LogP contribution in [0.2, 0.25) is 0 Å². The molecule has 0 bridgehead atoms. The fourth-order valence-corrected chi connectivity index (χ4v) is 3.76. The van der Waals surface area contributed by atoms with Crippen molar-refractivity contribution in [1.82, 2.24) is 15.0 Å². The molecule has 3 rings (SSSR count). The molecule has 0 aromatic carbocycles. The lowest BCUT2D eigenvalue weighted by molar-refractivity contribution is 0.0696. The standard InChI is InChI=1S/C16H21N3O2S/c1-3-5-13-8-14(18-21-13)16(20)19-7-4-6-12(10-19)15-17-9-11(2)22-15/h8-9,12H,3-7,10H2,1-2H3/t12-/m1/s1. The second kappa shape index (κ2) is 6.60. The first-order valence-corrected chi connectivity index (χ1v) is 8.66. The van der Waals surface area contributed by atoms with E-state index in [0.29, 0.717) is 11.6 Å². The Labute approximate surface area is 134 Å². The minimum absolute atomic E-state index is 0.0240. The van der Waals surface area contributed by atoms with Gasteiger partial charge in [-0.1, -0.05) is 12.1 Å². The van der Waals surface area contributed by atoms with E-state index in [0.717, 1.165) is 49.5 Å². The van der Waals surface area contributed by atoms with Crippen molar-refractivity contribution in [2.45, 2.75) is 45.4 Å². The lowest BCUT2D eigenvalue weighted by Gasteiger charge is -2.31. The highest BCUT2D eigenvalue weighted by molar-refractivity contribution is 7.11. The van der Waals surface area contributed by atoms with Gasteiger partial charge in [0.2, 0.25) is 0 Å². The lowest BCUT2D eigenvalue weighted by Crippen LogP contribution is -2.39. The van der Waals surface area contributed by atoms with E-state index in [4.69, 9.17) is 4.52 Å². The quantitative estimate of drug-likeness (QED) is 0.866. The molecule has 0 unspecified atom stereocenters. The maximum atomic E-state index is 12.6. The predicted octanol–water partition coefficient (Wildman–Crippen LogP) is 3.41. The molecule has 1 amide bonds. The number of nitrogens with zero attached hydrogens (tertiary/aromatic N) is 3. The largest absolute Gasteiger partial charge is 0.361 e. The summed E-state index contributed by atoms with van der Waals surface area (Å²) in [6.45, 7) is 5.66. The minimum atomic E-state index is -0.0240. The molecule has 0 N–H and O–H groups in total. The smallest absolute Gasteiger partial charge is 0.276 e. The zero-order valence-corrected chi connectivity index (χ0v) is 13.9. The van der Waals surface area contributed by atoms with Crippen LogP contribution in [0, 0.1) is 6.92 Å². The van der Waals surface area contributed by atoms with Crippen molar-refractivity contribution < 1.29 is 9.32 Å². The second-order valence-corrected chi connectivity index (χ2v) is 7.09. The van der Waals surface area contributed by atoms with Crippen LogP contribution in [-0.2, 0) is 6.42 Å². The van der Waals surface area contributed by atoms with Crippen molar-refractivity contribution >= 4 is 17.2 Å². The molecule has 3 heterocycles. The van der Waals surface area contributed by atoms with E-state index in [-0.39, 0.29) is 5.91 Å². The summed E-state index contributed by atoms with van der Waals surface area (Å²) in [6, 6.07) is 1.78. The average molecular weight is 319 g/mol. The van der Waals surface area contributed by atoms with Crippen molar-refractivity contribution in [2.75, 3.05) is 13.1 Å². The molecule has 1 atom stereocenters. The Morgan fingerprint density at radius 1 is 1.55 bits per heavy atom. The predicted molar refractivity (Wildman–Crippen MR) is 85.2 cm³/mol. The monoisotopic (exact) mass is 319 g/mol. The topological polar surface area (TPSA) is 59.2 Å². The van der Waals surface area contributed by atoms with Crippen molar-refractivity contribution in [3.05, 3.63) is 33.6 Å². The van der Waals surface area contributed by atoms with Gasteiger partial charge in [-0.2, -0.15) is 0 Å². The number of aryl methyl sites for hydroxylation is 2. The molecule has 0 spiro atoms. The number of amides is 1. The number of piperidine rings is 1. The Morgan fingerprint density at radius 2 is 2.41 bits per heavy atom. The molecule has 22 heavy (non-hydrogen) atoms. The number of carbonyl (C=O) groups excluding carboxylic acids is 1. The third-order valence-corrected chi connectivity index (χ3v) is 5.05. The van der Waals surface area contributed by atoms with Crippen molar-refractivity contribution in [3.8, 4) is 0 Å². The van der Waals surface area contributed by atoms with E-state index < -0.39 is 0 Å². The number of thiazole rings is 1. The zero-order chi connectivity index (χ0) is 15.5. The molecule has 0 radical (unpaired) electrons. The van der Waals surface area contributed by atoms with E-state index in [1.54, 1.807) is 17.4 Å². The van der Waals surface area contributed by atoms with Gasteiger partial charge in [0, 0.05) is 42.6 Å². The van der Waals surface area contributed by atoms with Gasteiger partial charge in [-0.15, -0.1) is 11.3 Å². The summed E-state index contributed by atoms with van der Waals surface area (Å²) in [6.07, 6.45) is 5.82. The Balaban J connectivity index is 1.69. The highest BCUT2D eigenvalue weighted by Crippen LogP contribution is 2.30. The first-order valence-electron chi connectivity index (χ1n) is 7.84. The molecule has 6 heteroatoms. The summed E-state index contributed by atoms with van der Waals surface area (Å²) in [5.41, 5.74) is 0.430. The lowest BCUT2D eigenvalue weighted by atomic mass is 9.98. The Kier molecular flexibility index (Phi) is 4.57. The van der Waals surface area contributed by atoms with Crippen LogP contribution in [-0.4, -0.2) is 34.0 Å². The van der Waals surface area contributed by atoms with Gasteiger partial charge in [-0.3, -0.25) is 4.79 Å². The van der Waals surface area contributed by atoms with Crippen LogP contribution < -0.4 is 0 Å². The SMILES string of the molecule is CCCc1cc(C(=O)N2CCC[C@@H](c3ncc(C)s3)C2)no1. The fourth-order valence-electron chi connectivity index (χ4n) is 2.86. The first kappa shape index (κ1) is 15.2. The van der Waals surface area contributed by atoms with Crippen LogP contribution >= 0.6 is 11.3 Å². The van der Waals surface area contributed by atoms with Crippen molar-refractivity contribution in [1.29, 1.82) is 0 Å². The molecule has 118 valence electrons. The van der Waals surface area contributed by atoms with Crippen LogP contribution in [0.5, 0.6) is 0 Å². The number of hydrogen-bond acceptors (Lipinski definition) is 5. The van der Waals surface area contributed by atoms with Gasteiger partial charge in [-0.25, -0.2) is 4.98 Å². The summed E-state index contributed by atoms with van der Waals surface area (Å²) in [5.74, 6) is 1.11. The highest BCUT2D eigenvalue weighted by Gasteiger charge is 2.28. The number of aromatic nitrogens is 2. The summed E-state index contributed by atoms with van der Waals surface area (Å²) in [5, 5.41) is 5.07. The Morgan fingerprint density at radius 3 is 3.14 bits per heavy atom. The van der Waals surface area contributed by atoms with Gasteiger partial charge >= 0.3 is 0 Å². The van der Waals surface area contributed by atoms with Gasteiger partial charge in [0.25, 0.3) is 5.91 Å². The molecular weight excluding hydrogens is 298 g/mol. The van der Waals surface area contributed by atoms with Crippen molar-refractivity contribution in [2.24, 2.45) is 0 Å². The van der Waals surface area contributed by atoms with Crippen LogP contribution in [0.15, 0.2) is 16.8 Å². The Hall–Kier alpha value is -1.69. The summed E-state index contributed by atoms with van der Waals surface area (Å²) in [4.78, 5) is 20.2. The van der Waals surface area contributed by atoms with Crippen LogP contribution in [0.1, 0.15) is 58.2 Å². The van der Waals surface area contributed by atoms with Gasteiger partial charge < -0.3 is 9.42 Å². The highest BCUT2D eigenvalue weighted by atomic mass is 32.1. The number of hydrogen-bond donors (Lipinski definition) is 0. The molecule has 1 fully saturated rings. The third kappa shape index (κ3) is 3.21. The van der Waals surface area contributed by atoms with E-state index in [2.05, 4.69) is 24.0 Å². The average Bonchev–Trinajstić information content (AvgIpc) is 3.16. The molecule has 1 aliphatic rings. The molecule has 1 saturated heterocycles. The fraction of sp³-hybridized carbons (Fsp3) is 0.562.